The lowest BCUT2D eigenvalue weighted by Gasteiger charge is -2.28. The highest BCUT2D eigenvalue weighted by Gasteiger charge is 2.14. The van der Waals surface area contributed by atoms with E-state index in [1.165, 1.54) is 49.3 Å². The summed E-state index contributed by atoms with van der Waals surface area (Å²) < 4.78 is 2.24. The maximum atomic E-state index is 4.99. The monoisotopic (exact) mass is 425 g/mol. The van der Waals surface area contributed by atoms with Gasteiger partial charge in [-0.15, -0.1) is 0 Å². The molecule has 1 aliphatic heterocycles. The van der Waals surface area contributed by atoms with Gasteiger partial charge in [0.05, 0.1) is 11.4 Å². The molecule has 0 aliphatic carbocycles. The third-order valence-electron chi connectivity index (χ3n) is 6.44. The second-order valence-electron chi connectivity index (χ2n) is 8.53. The van der Waals surface area contributed by atoms with Crippen molar-refractivity contribution in [1.82, 2.24) is 19.7 Å². The zero-order valence-electron chi connectivity index (χ0n) is 18.8. The van der Waals surface area contributed by atoms with Crippen molar-refractivity contribution in [3.8, 4) is 11.1 Å². The maximum absolute atomic E-state index is 4.99. The second-order valence-corrected chi connectivity index (χ2v) is 8.53. The van der Waals surface area contributed by atoms with Crippen molar-refractivity contribution in [3.63, 3.8) is 0 Å². The second kappa shape index (κ2) is 9.53. The van der Waals surface area contributed by atoms with Crippen LogP contribution in [0.5, 0.6) is 0 Å². The lowest BCUT2D eigenvalue weighted by Crippen LogP contribution is -2.29. The minimum atomic E-state index is 0.790. The van der Waals surface area contributed by atoms with E-state index in [1.54, 1.807) is 0 Å². The van der Waals surface area contributed by atoms with E-state index in [4.69, 9.17) is 4.98 Å². The largest absolute Gasteiger partial charge is 0.372 e. The van der Waals surface area contributed by atoms with Gasteiger partial charge in [0, 0.05) is 56.0 Å². The normalized spacial score (nSPS) is 14.2. The number of nitrogens with one attached hydrogen (secondary N) is 1. The molecule has 1 N–H and O–H groups in total. The van der Waals surface area contributed by atoms with Crippen molar-refractivity contribution in [2.75, 3.05) is 18.0 Å². The summed E-state index contributed by atoms with van der Waals surface area (Å²) in [6, 6.07) is 17.4. The van der Waals surface area contributed by atoms with Crippen LogP contribution in [0.25, 0.3) is 16.8 Å². The average molecular weight is 426 g/mol. The fourth-order valence-corrected chi connectivity index (χ4v) is 4.69. The molecule has 1 aliphatic rings. The molecule has 3 aromatic heterocycles. The Hall–Kier alpha value is -3.18. The zero-order chi connectivity index (χ0) is 21.8. The summed E-state index contributed by atoms with van der Waals surface area (Å²) in [7, 11) is 0. The van der Waals surface area contributed by atoms with Crippen LogP contribution < -0.4 is 10.2 Å². The Morgan fingerprint density at radius 1 is 0.906 bits per heavy atom. The van der Waals surface area contributed by atoms with Gasteiger partial charge in [-0.3, -0.25) is 4.98 Å². The number of aryl methyl sites for hydroxylation is 1. The van der Waals surface area contributed by atoms with Gasteiger partial charge < -0.3 is 14.6 Å². The molecule has 0 radical (unpaired) electrons. The van der Waals surface area contributed by atoms with E-state index in [-0.39, 0.29) is 0 Å². The molecule has 1 aromatic carbocycles. The van der Waals surface area contributed by atoms with Crippen molar-refractivity contribution in [3.05, 3.63) is 84.1 Å². The van der Waals surface area contributed by atoms with Crippen molar-refractivity contribution in [1.29, 1.82) is 0 Å². The first-order chi connectivity index (χ1) is 15.8. The number of anilines is 1. The Bertz CT molecular complexity index is 1160. The number of rotatable bonds is 7. The van der Waals surface area contributed by atoms with Crippen molar-refractivity contribution < 1.29 is 0 Å². The molecule has 164 valence electrons. The van der Waals surface area contributed by atoms with Gasteiger partial charge in [0.2, 0.25) is 0 Å². The molecule has 0 atom stereocenters. The van der Waals surface area contributed by atoms with Crippen LogP contribution in [0, 0.1) is 0 Å². The Morgan fingerprint density at radius 3 is 2.44 bits per heavy atom. The topological polar surface area (TPSA) is 45.5 Å². The molecule has 0 amide bonds. The SMILES string of the molecule is CCc1nc2c(-c3ccncc3)cccn2c1CNCc1ccc(N2CCCCC2)cc1. The van der Waals surface area contributed by atoms with Gasteiger partial charge >= 0.3 is 0 Å². The number of pyridine rings is 2. The van der Waals surface area contributed by atoms with Gasteiger partial charge in [-0.2, -0.15) is 0 Å². The lowest BCUT2D eigenvalue weighted by molar-refractivity contribution is 0.577. The van der Waals surface area contributed by atoms with Crippen LogP contribution in [0.2, 0.25) is 0 Å². The first-order valence-corrected chi connectivity index (χ1v) is 11.8. The van der Waals surface area contributed by atoms with E-state index in [1.807, 2.05) is 24.5 Å². The molecule has 1 fully saturated rings. The molecule has 0 spiro atoms. The van der Waals surface area contributed by atoms with E-state index in [0.29, 0.717) is 0 Å². The molecule has 5 rings (SSSR count). The summed E-state index contributed by atoms with van der Waals surface area (Å²) in [5.74, 6) is 0. The third kappa shape index (κ3) is 4.26. The number of nitrogens with zero attached hydrogens (tertiary/aromatic N) is 4. The van der Waals surface area contributed by atoms with E-state index in [2.05, 4.69) is 69.1 Å². The molecule has 1 saturated heterocycles. The van der Waals surface area contributed by atoms with Crippen LogP contribution in [0.1, 0.15) is 43.1 Å². The molecule has 0 unspecified atom stereocenters. The van der Waals surface area contributed by atoms with Crippen LogP contribution in [-0.4, -0.2) is 27.5 Å². The highest BCUT2D eigenvalue weighted by molar-refractivity contribution is 5.77. The zero-order valence-corrected chi connectivity index (χ0v) is 18.8. The van der Waals surface area contributed by atoms with Crippen molar-refractivity contribution in [2.24, 2.45) is 0 Å². The predicted molar refractivity (Wildman–Crippen MR) is 131 cm³/mol. The molecule has 4 heterocycles. The van der Waals surface area contributed by atoms with Gasteiger partial charge in [-0.1, -0.05) is 19.1 Å². The number of imidazole rings is 1. The summed E-state index contributed by atoms with van der Waals surface area (Å²) in [6.45, 7) is 6.19. The van der Waals surface area contributed by atoms with Gasteiger partial charge in [-0.05, 0) is 73.2 Å². The van der Waals surface area contributed by atoms with Crippen molar-refractivity contribution in [2.45, 2.75) is 45.7 Å². The number of aromatic nitrogens is 3. The first-order valence-electron chi connectivity index (χ1n) is 11.8. The fraction of sp³-hybridized carbons (Fsp3) is 0.333. The van der Waals surface area contributed by atoms with E-state index in [0.717, 1.165) is 42.0 Å². The minimum Gasteiger partial charge on any atom is -0.372 e. The molecule has 5 heteroatoms. The third-order valence-corrected chi connectivity index (χ3v) is 6.44. The molecular formula is C27H31N5. The summed E-state index contributed by atoms with van der Waals surface area (Å²) in [4.78, 5) is 11.7. The average Bonchev–Trinajstić information content (AvgIpc) is 3.23. The van der Waals surface area contributed by atoms with Gasteiger partial charge in [0.25, 0.3) is 0 Å². The smallest absolute Gasteiger partial charge is 0.145 e. The van der Waals surface area contributed by atoms with Gasteiger partial charge in [0.15, 0.2) is 0 Å². The van der Waals surface area contributed by atoms with Crippen LogP contribution in [0.3, 0.4) is 0 Å². The minimum absolute atomic E-state index is 0.790. The number of fused-ring (bicyclic) bond motifs is 1. The highest BCUT2D eigenvalue weighted by atomic mass is 15.1. The maximum Gasteiger partial charge on any atom is 0.145 e. The first kappa shape index (κ1) is 20.7. The summed E-state index contributed by atoms with van der Waals surface area (Å²) >= 11 is 0. The van der Waals surface area contributed by atoms with Crippen LogP contribution in [-0.2, 0) is 19.5 Å². The van der Waals surface area contributed by atoms with Gasteiger partial charge in [-0.25, -0.2) is 4.98 Å². The Balaban J connectivity index is 1.31. The van der Waals surface area contributed by atoms with Crippen molar-refractivity contribution >= 4 is 11.3 Å². The molecule has 4 aromatic rings. The van der Waals surface area contributed by atoms with Crippen LogP contribution in [0.4, 0.5) is 5.69 Å². The molecule has 0 bridgehead atoms. The van der Waals surface area contributed by atoms with E-state index >= 15 is 0 Å². The summed E-state index contributed by atoms with van der Waals surface area (Å²) in [5, 5.41) is 3.64. The Labute approximate surface area is 190 Å². The van der Waals surface area contributed by atoms with Gasteiger partial charge in [0.1, 0.15) is 5.65 Å². The number of hydrogen-bond acceptors (Lipinski definition) is 4. The number of hydrogen-bond donors (Lipinski definition) is 1. The summed E-state index contributed by atoms with van der Waals surface area (Å²) in [6.07, 6.45) is 10.7. The van der Waals surface area contributed by atoms with Crippen LogP contribution in [0.15, 0.2) is 67.1 Å². The highest BCUT2D eigenvalue weighted by Crippen LogP contribution is 2.26. The van der Waals surface area contributed by atoms with Crippen LogP contribution >= 0.6 is 0 Å². The Kier molecular flexibility index (Phi) is 6.17. The van der Waals surface area contributed by atoms with E-state index in [9.17, 15) is 0 Å². The fourth-order valence-electron chi connectivity index (χ4n) is 4.69. The number of piperidine rings is 1. The standard InChI is InChI=1S/C27H31N5/c1-2-25-26(32-18-6-7-24(27(32)30-25)22-12-14-28-15-13-22)20-29-19-21-8-10-23(11-9-21)31-16-4-3-5-17-31/h6-15,18,29H,2-5,16-17,19-20H2,1H3. The lowest BCUT2D eigenvalue weighted by atomic mass is 10.1. The Morgan fingerprint density at radius 2 is 1.69 bits per heavy atom. The number of benzene rings is 1. The molecular weight excluding hydrogens is 394 g/mol. The predicted octanol–water partition coefficient (Wildman–Crippen LogP) is 5.24. The molecule has 5 nitrogen and oxygen atoms in total. The van der Waals surface area contributed by atoms with E-state index < -0.39 is 0 Å². The molecule has 0 saturated carbocycles. The summed E-state index contributed by atoms with van der Waals surface area (Å²) in [5.41, 5.74) is 8.36. The molecule has 32 heavy (non-hydrogen) atoms. The quantitative estimate of drug-likeness (QED) is 0.440.